The van der Waals surface area contributed by atoms with Crippen molar-refractivity contribution in [1.29, 1.82) is 0 Å². The quantitative estimate of drug-likeness (QED) is 0.551. The van der Waals surface area contributed by atoms with Crippen LogP contribution in [0.25, 0.3) is 10.7 Å². The van der Waals surface area contributed by atoms with Crippen molar-refractivity contribution < 1.29 is 4.79 Å². The van der Waals surface area contributed by atoms with Crippen molar-refractivity contribution in [3.8, 4) is 10.7 Å². The van der Waals surface area contributed by atoms with Crippen LogP contribution in [-0.4, -0.2) is 25.7 Å². The standard InChI is InChI=1S/C17H23N5OS2/c1-3-10-22-15(20-21-17(22)24)14-11(2)18-16(25-14)19-13(23)9-8-12-6-4-5-7-12/h3,12H,1,4-10H2,2H3,(H,21,24)(H,18,19,23). The van der Waals surface area contributed by atoms with Crippen molar-refractivity contribution in [2.45, 2.75) is 52.0 Å². The highest BCUT2D eigenvalue weighted by Crippen LogP contribution is 2.32. The number of nitrogens with zero attached hydrogens (tertiary/aromatic N) is 3. The average molecular weight is 378 g/mol. The molecular weight excluding hydrogens is 354 g/mol. The number of aromatic nitrogens is 4. The first-order valence-electron chi connectivity index (χ1n) is 8.62. The van der Waals surface area contributed by atoms with E-state index in [1.807, 2.05) is 11.5 Å². The van der Waals surface area contributed by atoms with Gasteiger partial charge < -0.3 is 5.32 Å². The van der Waals surface area contributed by atoms with Gasteiger partial charge in [0.15, 0.2) is 15.7 Å². The molecule has 8 heteroatoms. The Balaban J connectivity index is 1.68. The highest BCUT2D eigenvalue weighted by molar-refractivity contribution is 7.71. The number of carbonyl (C=O) groups is 1. The van der Waals surface area contributed by atoms with Gasteiger partial charge in [-0.1, -0.05) is 43.1 Å². The van der Waals surface area contributed by atoms with Gasteiger partial charge in [0.1, 0.15) is 0 Å². The highest BCUT2D eigenvalue weighted by atomic mass is 32.1. The molecule has 0 unspecified atom stereocenters. The first kappa shape index (κ1) is 18.0. The number of rotatable bonds is 7. The van der Waals surface area contributed by atoms with Crippen molar-refractivity contribution in [3.63, 3.8) is 0 Å². The number of hydrogen-bond acceptors (Lipinski definition) is 5. The van der Waals surface area contributed by atoms with E-state index >= 15 is 0 Å². The van der Waals surface area contributed by atoms with Crippen LogP contribution in [0.5, 0.6) is 0 Å². The van der Waals surface area contributed by atoms with E-state index in [2.05, 4.69) is 27.1 Å². The molecule has 3 rings (SSSR count). The summed E-state index contributed by atoms with van der Waals surface area (Å²) in [6.45, 7) is 6.24. The molecule has 0 aliphatic heterocycles. The summed E-state index contributed by atoms with van der Waals surface area (Å²) in [5.74, 6) is 1.48. The molecule has 1 amide bonds. The van der Waals surface area contributed by atoms with Gasteiger partial charge in [-0.05, 0) is 31.5 Å². The van der Waals surface area contributed by atoms with E-state index in [1.165, 1.54) is 37.0 Å². The van der Waals surface area contributed by atoms with E-state index in [4.69, 9.17) is 12.2 Å². The molecule has 0 atom stereocenters. The molecule has 1 fully saturated rings. The molecule has 134 valence electrons. The van der Waals surface area contributed by atoms with Crippen molar-refractivity contribution in [3.05, 3.63) is 23.1 Å². The molecule has 0 bridgehead atoms. The van der Waals surface area contributed by atoms with Gasteiger partial charge >= 0.3 is 0 Å². The molecule has 0 aromatic carbocycles. The number of nitrogens with one attached hydrogen (secondary N) is 2. The summed E-state index contributed by atoms with van der Waals surface area (Å²) >= 11 is 6.68. The summed E-state index contributed by atoms with van der Waals surface area (Å²) in [6, 6.07) is 0. The predicted octanol–water partition coefficient (Wildman–Crippen LogP) is 4.47. The lowest BCUT2D eigenvalue weighted by molar-refractivity contribution is -0.116. The Morgan fingerprint density at radius 2 is 2.28 bits per heavy atom. The summed E-state index contributed by atoms with van der Waals surface area (Å²) in [6.07, 6.45) is 8.45. The average Bonchev–Trinajstić information content (AvgIpc) is 3.29. The highest BCUT2D eigenvalue weighted by Gasteiger charge is 2.19. The molecule has 6 nitrogen and oxygen atoms in total. The second kappa shape index (κ2) is 8.05. The normalized spacial score (nSPS) is 14.8. The van der Waals surface area contributed by atoms with Crippen LogP contribution < -0.4 is 5.32 Å². The molecule has 0 radical (unpaired) electrons. The van der Waals surface area contributed by atoms with Crippen molar-refractivity contribution in [2.75, 3.05) is 5.32 Å². The zero-order valence-corrected chi connectivity index (χ0v) is 16.0. The van der Waals surface area contributed by atoms with Crippen molar-refractivity contribution >= 4 is 34.6 Å². The molecule has 1 aliphatic rings. The minimum Gasteiger partial charge on any atom is -0.302 e. The molecule has 2 heterocycles. The van der Waals surface area contributed by atoms with Crippen molar-refractivity contribution in [1.82, 2.24) is 19.7 Å². The summed E-state index contributed by atoms with van der Waals surface area (Å²) in [5.41, 5.74) is 0.829. The van der Waals surface area contributed by atoms with Gasteiger partial charge in [0.2, 0.25) is 5.91 Å². The molecule has 0 spiro atoms. The Morgan fingerprint density at radius 1 is 1.52 bits per heavy atom. The van der Waals surface area contributed by atoms with E-state index < -0.39 is 0 Å². The topological polar surface area (TPSA) is 75.6 Å². The smallest absolute Gasteiger partial charge is 0.226 e. The van der Waals surface area contributed by atoms with E-state index in [1.54, 1.807) is 6.08 Å². The second-order valence-electron chi connectivity index (χ2n) is 6.42. The van der Waals surface area contributed by atoms with Crippen LogP contribution in [0.2, 0.25) is 0 Å². The zero-order chi connectivity index (χ0) is 17.8. The van der Waals surface area contributed by atoms with E-state index in [-0.39, 0.29) is 5.91 Å². The fourth-order valence-electron chi connectivity index (χ4n) is 3.26. The Bertz CT molecular complexity index is 813. The van der Waals surface area contributed by atoms with E-state index in [0.29, 0.717) is 28.8 Å². The van der Waals surface area contributed by atoms with Gasteiger partial charge in [0, 0.05) is 13.0 Å². The largest absolute Gasteiger partial charge is 0.302 e. The maximum absolute atomic E-state index is 12.2. The SMILES string of the molecule is C=CCn1c(-c2sc(NC(=O)CCC3CCCC3)nc2C)n[nH]c1=S. The molecule has 2 aromatic rings. The van der Waals surface area contributed by atoms with E-state index in [9.17, 15) is 4.79 Å². The fraction of sp³-hybridized carbons (Fsp3) is 0.529. The Hall–Kier alpha value is -1.80. The summed E-state index contributed by atoms with van der Waals surface area (Å²) in [5, 5.41) is 10.7. The monoisotopic (exact) mass is 377 g/mol. The van der Waals surface area contributed by atoms with Crippen LogP contribution in [0.4, 0.5) is 5.13 Å². The maximum Gasteiger partial charge on any atom is 0.226 e. The lowest BCUT2D eigenvalue weighted by atomic mass is 10.0. The van der Waals surface area contributed by atoms with Crippen LogP contribution in [0.3, 0.4) is 0 Å². The molecule has 1 aliphatic carbocycles. The number of aryl methyl sites for hydroxylation is 1. The van der Waals surface area contributed by atoms with Crippen LogP contribution in [-0.2, 0) is 11.3 Å². The number of carbonyl (C=O) groups excluding carboxylic acids is 1. The Kier molecular flexibility index (Phi) is 5.80. The Labute approximate surface area is 156 Å². The van der Waals surface area contributed by atoms with Crippen molar-refractivity contribution in [2.24, 2.45) is 5.92 Å². The summed E-state index contributed by atoms with van der Waals surface area (Å²) in [7, 11) is 0. The number of amides is 1. The van der Waals surface area contributed by atoms with Crippen LogP contribution in [0.1, 0.15) is 44.2 Å². The number of anilines is 1. The number of hydrogen-bond donors (Lipinski definition) is 2. The zero-order valence-electron chi connectivity index (χ0n) is 14.4. The van der Waals surface area contributed by atoms with Gasteiger partial charge in [-0.25, -0.2) is 4.98 Å². The molecular formula is C17H23N5OS2. The predicted molar refractivity (Wildman–Crippen MR) is 103 cm³/mol. The minimum atomic E-state index is 0.0390. The number of H-pyrrole nitrogens is 1. The van der Waals surface area contributed by atoms with Gasteiger partial charge in [-0.2, -0.15) is 5.10 Å². The molecule has 2 aromatic heterocycles. The summed E-state index contributed by atoms with van der Waals surface area (Å²) in [4.78, 5) is 17.6. The molecule has 1 saturated carbocycles. The van der Waals surface area contributed by atoms with E-state index in [0.717, 1.165) is 22.8 Å². The molecule has 0 saturated heterocycles. The first-order chi connectivity index (χ1) is 12.1. The first-order valence-corrected chi connectivity index (χ1v) is 9.84. The third-order valence-corrected chi connectivity index (χ3v) is 5.95. The number of thiazole rings is 1. The number of allylic oxidation sites excluding steroid dienone is 1. The number of aromatic amines is 1. The minimum absolute atomic E-state index is 0.0390. The van der Waals surface area contributed by atoms with Gasteiger partial charge in [-0.3, -0.25) is 14.5 Å². The summed E-state index contributed by atoms with van der Waals surface area (Å²) < 4.78 is 2.42. The lowest BCUT2D eigenvalue weighted by Crippen LogP contribution is -2.12. The maximum atomic E-state index is 12.2. The Morgan fingerprint density at radius 3 is 3.00 bits per heavy atom. The van der Waals surface area contributed by atoms with Crippen LogP contribution in [0.15, 0.2) is 12.7 Å². The third kappa shape index (κ3) is 4.24. The van der Waals surface area contributed by atoms with Gasteiger partial charge in [-0.15, -0.1) is 6.58 Å². The fourth-order valence-corrected chi connectivity index (χ4v) is 4.45. The molecule has 25 heavy (non-hydrogen) atoms. The van der Waals surface area contributed by atoms with Crippen LogP contribution in [0, 0.1) is 17.6 Å². The second-order valence-corrected chi connectivity index (χ2v) is 7.81. The van der Waals surface area contributed by atoms with Gasteiger partial charge in [0.25, 0.3) is 0 Å². The third-order valence-electron chi connectivity index (χ3n) is 4.57. The van der Waals surface area contributed by atoms with Gasteiger partial charge in [0.05, 0.1) is 10.6 Å². The van der Waals surface area contributed by atoms with Crippen LogP contribution >= 0.6 is 23.6 Å². The molecule has 2 N–H and O–H groups in total. The lowest BCUT2D eigenvalue weighted by Gasteiger charge is -2.07.